The SMILES string of the molecule is CC(C(=O)NCCc1cnc[nH]1)n1cnc2ccccc2c1=O. The fourth-order valence-electron chi connectivity index (χ4n) is 2.37. The van der Waals surface area contributed by atoms with Crippen LogP contribution in [-0.4, -0.2) is 32.0 Å². The van der Waals surface area contributed by atoms with E-state index in [2.05, 4.69) is 20.3 Å². The summed E-state index contributed by atoms with van der Waals surface area (Å²) < 4.78 is 1.36. The van der Waals surface area contributed by atoms with Gasteiger partial charge in [-0.2, -0.15) is 0 Å². The quantitative estimate of drug-likeness (QED) is 0.736. The second-order valence-electron chi connectivity index (χ2n) is 5.27. The number of hydrogen-bond acceptors (Lipinski definition) is 4. The number of para-hydroxylation sites is 1. The van der Waals surface area contributed by atoms with Crippen molar-refractivity contribution in [1.82, 2.24) is 24.8 Å². The molecule has 0 fully saturated rings. The number of carbonyl (C=O) groups excluding carboxylic acids is 1. The van der Waals surface area contributed by atoms with Crippen LogP contribution in [0, 0.1) is 0 Å². The van der Waals surface area contributed by atoms with Crippen molar-refractivity contribution in [2.45, 2.75) is 19.4 Å². The highest BCUT2D eigenvalue weighted by molar-refractivity contribution is 5.81. The van der Waals surface area contributed by atoms with Crippen molar-refractivity contribution in [2.75, 3.05) is 6.54 Å². The molecule has 1 aromatic carbocycles. The molecule has 7 nitrogen and oxygen atoms in total. The van der Waals surface area contributed by atoms with Crippen LogP contribution < -0.4 is 10.9 Å². The summed E-state index contributed by atoms with van der Waals surface area (Å²) in [5.41, 5.74) is 1.36. The normalized spacial score (nSPS) is 12.2. The predicted octanol–water partition coefficient (Wildman–Crippen LogP) is 1.04. The average Bonchev–Trinajstić information content (AvgIpc) is 3.08. The number of aromatic nitrogens is 4. The summed E-state index contributed by atoms with van der Waals surface area (Å²) in [5, 5.41) is 3.33. The van der Waals surface area contributed by atoms with E-state index in [0.29, 0.717) is 23.9 Å². The maximum atomic E-state index is 12.5. The molecule has 0 radical (unpaired) electrons. The van der Waals surface area contributed by atoms with Gasteiger partial charge in [-0.05, 0) is 19.1 Å². The molecule has 1 amide bonds. The molecule has 3 rings (SSSR count). The van der Waals surface area contributed by atoms with E-state index >= 15 is 0 Å². The van der Waals surface area contributed by atoms with E-state index in [1.807, 2.05) is 6.07 Å². The van der Waals surface area contributed by atoms with Crippen molar-refractivity contribution in [3.63, 3.8) is 0 Å². The minimum absolute atomic E-state index is 0.216. The lowest BCUT2D eigenvalue weighted by Crippen LogP contribution is -2.36. The summed E-state index contributed by atoms with van der Waals surface area (Å²) in [6, 6.07) is 6.47. The van der Waals surface area contributed by atoms with Gasteiger partial charge in [-0.25, -0.2) is 9.97 Å². The third-order valence-electron chi connectivity index (χ3n) is 3.74. The monoisotopic (exact) mass is 311 g/mol. The first-order valence-corrected chi connectivity index (χ1v) is 7.37. The molecule has 1 atom stereocenters. The van der Waals surface area contributed by atoms with Crippen LogP contribution in [0.3, 0.4) is 0 Å². The molecule has 0 aliphatic rings. The molecule has 2 N–H and O–H groups in total. The second-order valence-corrected chi connectivity index (χ2v) is 5.27. The maximum Gasteiger partial charge on any atom is 0.261 e. The Morgan fingerprint density at radius 2 is 2.22 bits per heavy atom. The van der Waals surface area contributed by atoms with E-state index in [0.717, 1.165) is 5.69 Å². The molecule has 2 aromatic heterocycles. The van der Waals surface area contributed by atoms with Crippen LogP contribution in [0.2, 0.25) is 0 Å². The largest absolute Gasteiger partial charge is 0.354 e. The fraction of sp³-hybridized carbons (Fsp3) is 0.250. The Bertz CT molecular complexity index is 870. The first kappa shape index (κ1) is 15.0. The summed E-state index contributed by atoms with van der Waals surface area (Å²) in [7, 11) is 0. The third-order valence-corrected chi connectivity index (χ3v) is 3.74. The number of fused-ring (bicyclic) bond motifs is 1. The number of nitrogens with one attached hydrogen (secondary N) is 2. The average molecular weight is 311 g/mol. The maximum absolute atomic E-state index is 12.5. The minimum atomic E-state index is -0.624. The van der Waals surface area contributed by atoms with Gasteiger partial charge in [-0.1, -0.05) is 12.1 Å². The molecule has 1 unspecified atom stereocenters. The summed E-state index contributed by atoms with van der Waals surface area (Å²) in [6.07, 6.45) is 5.39. The Kier molecular flexibility index (Phi) is 4.18. The van der Waals surface area contributed by atoms with Crippen LogP contribution in [0.25, 0.3) is 10.9 Å². The van der Waals surface area contributed by atoms with Gasteiger partial charge in [-0.15, -0.1) is 0 Å². The molecule has 0 saturated carbocycles. The number of carbonyl (C=O) groups is 1. The molecule has 2 heterocycles. The highest BCUT2D eigenvalue weighted by atomic mass is 16.2. The highest BCUT2D eigenvalue weighted by Crippen LogP contribution is 2.08. The molecule has 23 heavy (non-hydrogen) atoms. The number of rotatable bonds is 5. The lowest BCUT2D eigenvalue weighted by atomic mass is 10.2. The zero-order chi connectivity index (χ0) is 16.2. The zero-order valence-electron chi connectivity index (χ0n) is 12.7. The van der Waals surface area contributed by atoms with Crippen molar-refractivity contribution in [3.8, 4) is 0 Å². The van der Waals surface area contributed by atoms with Gasteiger partial charge in [0.15, 0.2) is 0 Å². The van der Waals surface area contributed by atoms with Gasteiger partial charge in [0.2, 0.25) is 5.91 Å². The summed E-state index contributed by atoms with van der Waals surface area (Å²) in [6.45, 7) is 2.16. The Hall–Kier alpha value is -2.96. The smallest absolute Gasteiger partial charge is 0.261 e. The third kappa shape index (κ3) is 3.13. The van der Waals surface area contributed by atoms with Gasteiger partial charge in [0.05, 0.1) is 23.6 Å². The summed E-state index contributed by atoms with van der Waals surface area (Å²) >= 11 is 0. The first-order chi connectivity index (χ1) is 11.2. The molecule has 0 spiro atoms. The van der Waals surface area contributed by atoms with Gasteiger partial charge in [0.25, 0.3) is 5.56 Å². The van der Waals surface area contributed by atoms with Crippen molar-refractivity contribution in [1.29, 1.82) is 0 Å². The van der Waals surface area contributed by atoms with Gasteiger partial charge in [-0.3, -0.25) is 14.2 Å². The second kappa shape index (κ2) is 6.43. The van der Waals surface area contributed by atoms with Crippen molar-refractivity contribution < 1.29 is 4.79 Å². The van der Waals surface area contributed by atoms with Crippen molar-refractivity contribution in [3.05, 3.63) is 59.2 Å². The lowest BCUT2D eigenvalue weighted by Gasteiger charge is -2.15. The Morgan fingerprint density at radius 1 is 1.39 bits per heavy atom. The predicted molar refractivity (Wildman–Crippen MR) is 86.0 cm³/mol. The van der Waals surface area contributed by atoms with Crippen LogP contribution in [0.4, 0.5) is 0 Å². The number of imidazole rings is 1. The van der Waals surface area contributed by atoms with Crippen LogP contribution in [0.5, 0.6) is 0 Å². The molecule has 118 valence electrons. The van der Waals surface area contributed by atoms with E-state index in [-0.39, 0.29) is 11.5 Å². The number of aromatic amines is 1. The van der Waals surface area contributed by atoms with E-state index in [1.165, 1.54) is 10.9 Å². The van der Waals surface area contributed by atoms with Gasteiger partial charge in [0.1, 0.15) is 6.04 Å². The molecular weight excluding hydrogens is 294 g/mol. The number of H-pyrrole nitrogens is 1. The van der Waals surface area contributed by atoms with E-state index in [9.17, 15) is 9.59 Å². The molecule has 0 saturated heterocycles. The number of nitrogens with zero attached hydrogens (tertiary/aromatic N) is 3. The highest BCUT2D eigenvalue weighted by Gasteiger charge is 2.17. The van der Waals surface area contributed by atoms with E-state index < -0.39 is 6.04 Å². The van der Waals surface area contributed by atoms with Crippen molar-refractivity contribution in [2.24, 2.45) is 0 Å². The summed E-state index contributed by atoms with van der Waals surface area (Å²) in [4.78, 5) is 35.8. The standard InChI is InChI=1S/C16H17N5O2/c1-11(15(22)18-7-6-12-8-17-9-19-12)21-10-20-14-5-3-2-4-13(14)16(21)23/h2-5,8-11H,6-7H2,1H3,(H,17,19)(H,18,22). The molecule has 0 aliphatic carbocycles. The Balaban J connectivity index is 1.72. The summed E-state index contributed by atoms with van der Waals surface area (Å²) in [5.74, 6) is -0.219. The van der Waals surface area contributed by atoms with E-state index in [1.54, 1.807) is 37.6 Å². The Morgan fingerprint density at radius 3 is 3.00 bits per heavy atom. The number of benzene rings is 1. The molecule has 7 heteroatoms. The molecule has 3 aromatic rings. The number of amides is 1. The number of hydrogen-bond donors (Lipinski definition) is 2. The van der Waals surface area contributed by atoms with Gasteiger partial charge in [0, 0.05) is 24.9 Å². The first-order valence-electron chi connectivity index (χ1n) is 7.37. The zero-order valence-corrected chi connectivity index (χ0v) is 12.7. The fourth-order valence-corrected chi connectivity index (χ4v) is 2.37. The molecular formula is C16H17N5O2. The van der Waals surface area contributed by atoms with Crippen LogP contribution in [-0.2, 0) is 11.2 Å². The van der Waals surface area contributed by atoms with Gasteiger partial charge >= 0.3 is 0 Å². The molecule has 0 aliphatic heterocycles. The lowest BCUT2D eigenvalue weighted by molar-refractivity contribution is -0.123. The van der Waals surface area contributed by atoms with Crippen molar-refractivity contribution >= 4 is 16.8 Å². The minimum Gasteiger partial charge on any atom is -0.354 e. The topological polar surface area (TPSA) is 92.7 Å². The molecule has 0 bridgehead atoms. The van der Waals surface area contributed by atoms with Gasteiger partial charge < -0.3 is 10.3 Å². The Labute approximate surface area is 132 Å². The van der Waals surface area contributed by atoms with E-state index in [4.69, 9.17) is 0 Å². The van der Waals surface area contributed by atoms with Crippen LogP contribution in [0.1, 0.15) is 18.7 Å². The van der Waals surface area contributed by atoms with Crippen LogP contribution in [0.15, 0.2) is 47.9 Å². The van der Waals surface area contributed by atoms with Crippen LogP contribution >= 0.6 is 0 Å².